The number of nitrogens with one attached hydrogen (secondary N) is 1. The van der Waals surface area contributed by atoms with Crippen molar-refractivity contribution in [3.8, 4) is 0 Å². The molecule has 0 unspecified atom stereocenters. The van der Waals surface area contributed by atoms with Crippen LogP contribution >= 0.6 is 0 Å². The second kappa shape index (κ2) is 6.66. The van der Waals surface area contributed by atoms with Gasteiger partial charge < -0.3 is 0 Å². The number of primary sulfonamides is 1. The van der Waals surface area contributed by atoms with Gasteiger partial charge in [-0.3, -0.25) is 0 Å². The molecule has 0 aromatic heterocycles. The average molecular weight is 320 g/mol. The van der Waals surface area contributed by atoms with Crippen molar-refractivity contribution >= 4 is 20.0 Å². The van der Waals surface area contributed by atoms with E-state index in [1.54, 1.807) is 6.07 Å². The molecular formula is C12H20N2O4S2. The summed E-state index contributed by atoms with van der Waals surface area (Å²) in [5.74, 6) is 0.358. The first-order valence-electron chi connectivity index (χ1n) is 6.19. The van der Waals surface area contributed by atoms with Crippen LogP contribution in [0.5, 0.6) is 0 Å². The van der Waals surface area contributed by atoms with Gasteiger partial charge in [0.1, 0.15) is 0 Å². The minimum absolute atomic E-state index is 0.0311. The highest BCUT2D eigenvalue weighted by atomic mass is 32.2. The quantitative estimate of drug-likeness (QED) is 0.775. The van der Waals surface area contributed by atoms with Gasteiger partial charge in [0.15, 0.2) is 0 Å². The van der Waals surface area contributed by atoms with Gasteiger partial charge in [0, 0.05) is 6.54 Å². The lowest BCUT2D eigenvalue weighted by molar-refractivity contribution is 0.561. The lowest BCUT2D eigenvalue weighted by atomic mass is 10.2. The number of hydrogen-bond donors (Lipinski definition) is 2. The molecule has 1 aromatic rings. The summed E-state index contributed by atoms with van der Waals surface area (Å²) < 4.78 is 48.3. The predicted octanol–water partition coefficient (Wildman–Crippen LogP) is 0.800. The summed E-state index contributed by atoms with van der Waals surface area (Å²) >= 11 is 0. The van der Waals surface area contributed by atoms with Crippen molar-refractivity contribution in [1.29, 1.82) is 0 Å². The van der Waals surface area contributed by atoms with Crippen LogP contribution in [0, 0.1) is 5.92 Å². The highest BCUT2D eigenvalue weighted by molar-refractivity contribution is 7.89. The van der Waals surface area contributed by atoms with E-state index in [9.17, 15) is 16.8 Å². The molecule has 0 spiro atoms. The number of nitrogens with two attached hydrogens (primary N) is 1. The van der Waals surface area contributed by atoms with E-state index in [1.807, 2.05) is 13.8 Å². The molecule has 0 radical (unpaired) electrons. The van der Waals surface area contributed by atoms with Gasteiger partial charge >= 0.3 is 0 Å². The second-order valence-corrected chi connectivity index (χ2v) is 8.50. The highest BCUT2D eigenvalue weighted by Gasteiger charge is 2.12. The third-order valence-electron chi connectivity index (χ3n) is 2.69. The Morgan fingerprint density at radius 3 is 2.40 bits per heavy atom. The molecule has 0 saturated carbocycles. The van der Waals surface area contributed by atoms with Crippen molar-refractivity contribution in [2.45, 2.75) is 31.7 Å². The van der Waals surface area contributed by atoms with Gasteiger partial charge in [0.2, 0.25) is 20.0 Å². The summed E-state index contributed by atoms with van der Waals surface area (Å²) in [4.78, 5) is -0.0311. The molecule has 0 heterocycles. The molecule has 3 N–H and O–H groups in total. The average Bonchev–Trinajstić information content (AvgIpc) is 2.34. The number of rotatable bonds is 7. The van der Waals surface area contributed by atoms with Crippen LogP contribution in [0.15, 0.2) is 29.2 Å². The Balaban J connectivity index is 2.71. The van der Waals surface area contributed by atoms with Crippen molar-refractivity contribution in [2.24, 2.45) is 11.1 Å². The normalized spacial score (nSPS) is 12.8. The Morgan fingerprint density at radius 1 is 1.20 bits per heavy atom. The summed E-state index contributed by atoms with van der Waals surface area (Å²) in [7, 11) is -7.13. The molecule has 20 heavy (non-hydrogen) atoms. The summed E-state index contributed by atoms with van der Waals surface area (Å²) in [5, 5.41) is 5.02. The molecule has 114 valence electrons. The van der Waals surface area contributed by atoms with Crippen LogP contribution in [-0.2, 0) is 26.6 Å². The van der Waals surface area contributed by atoms with E-state index in [4.69, 9.17) is 5.14 Å². The molecule has 8 heteroatoms. The van der Waals surface area contributed by atoms with Crippen LogP contribution in [0.4, 0.5) is 0 Å². The van der Waals surface area contributed by atoms with Crippen molar-refractivity contribution < 1.29 is 16.8 Å². The number of sulfonamides is 2. The summed E-state index contributed by atoms with van der Waals surface area (Å²) in [6, 6.07) is 5.89. The third kappa shape index (κ3) is 6.00. The molecule has 0 fully saturated rings. The second-order valence-electron chi connectivity index (χ2n) is 5.01. The van der Waals surface area contributed by atoms with E-state index in [2.05, 4.69) is 4.72 Å². The summed E-state index contributed by atoms with van der Waals surface area (Å²) in [6.45, 7) is 3.94. The SMILES string of the molecule is CC(C)CCS(=O)(=O)NCc1cccc(S(N)(=O)=O)c1. The first-order valence-corrected chi connectivity index (χ1v) is 9.39. The van der Waals surface area contributed by atoms with Crippen molar-refractivity contribution in [3.05, 3.63) is 29.8 Å². The largest absolute Gasteiger partial charge is 0.238 e. The molecular weight excluding hydrogens is 300 g/mol. The van der Waals surface area contributed by atoms with Crippen molar-refractivity contribution in [3.63, 3.8) is 0 Å². The van der Waals surface area contributed by atoms with E-state index in [0.717, 1.165) is 0 Å². The van der Waals surface area contributed by atoms with Gasteiger partial charge in [-0.1, -0.05) is 26.0 Å². The molecule has 6 nitrogen and oxygen atoms in total. The highest BCUT2D eigenvalue weighted by Crippen LogP contribution is 2.10. The summed E-state index contributed by atoms with van der Waals surface area (Å²) in [6.07, 6.45) is 0.576. The van der Waals surface area contributed by atoms with Crippen LogP contribution < -0.4 is 9.86 Å². The Hall–Kier alpha value is -0.960. The standard InChI is InChI=1S/C12H20N2O4S2/c1-10(2)6-7-19(15,16)14-9-11-4-3-5-12(8-11)20(13,17)18/h3-5,8,10,14H,6-7,9H2,1-2H3,(H2,13,17,18). The van der Waals surface area contributed by atoms with Crippen LogP contribution in [0.25, 0.3) is 0 Å². The van der Waals surface area contributed by atoms with Crippen LogP contribution in [-0.4, -0.2) is 22.6 Å². The van der Waals surface area contributed by atoms with Crippen LogP contribution in [0.3, 0.4) is 0 Å². The molecule has 0 aliphatic rings. The smallest absolute Gasteiger partial charge is 0.225 e. The van der Waals surface area contributed by atoms with Crippen molar-refractivity contribution in [2.75, 3.05) is 5.75 Å². The Labute approximate surface area is 120 Å². The van der Waals surface area contributed by atoms with Crippen LogP contribution in [0.1, 0.15) is 25.8 Å². The van der Waals surface area contributed by atoms with Gasteiger partial charge in [0.05, 0.1) is 10.6 Å². The van der Waals surface area contributed by atoms with E-state index in [1.165, 1.54) is 18.2 Å². The lowest BCUT2D eigenvalue weighted by Gasteiger charge is -2.09. The van der Waals surface area contributed by atoms with Gasteiger partial charge in [0.25, 0.3) is 0 Å². The third-order valence-corrected chi connectivity index (χ3v) is 4.96. The minimum Gasteiger partial charge on any atom is -0.225 e. The molecule has 0 aliphatic carbocycles. The zero-order chi connectivity index (χ0) is 15.4. The summed E-state index contributed by atoms with van der Waals surface area (Å²) in [5.41, 5.74) is 0.546. The molecule has 0 bridgehead atoms. The number of benzene rings is 1. The van der Waals surface area contributed by atoms with Gasteiger partial charge in [-0.25, -0.2) is 26.7 Å². The Bertz CT molecular complexity index is 652. The minimum atomic E-state index is -3.78. The number of hydrogen-bond acceptors (Lipinski definition) is 4. The molecule has 0 atom stereocenters. The lowest BCUT2D eigenvalue weighted by Crippen LogP contribution is -2.26. The van der Waals surface area contributed by atoms with Crippen molar-refractivity contribution in [1.82, 2.24) is 4.72 Å². The topological polar surface area (TPSA) is 106 Å². The maximum Gasteiger partial charge on any atom is 0.238 e. The predicted molar refractivity (Wildman–Crippen MR) is 77.9 cm³/mol. The van der Waals surface area contributed by atoms with Gasteiger partial charge in [-0.05, 0) is 30.0 Å². The van der Waals surface area contributed by atoms with Crippen LogP contribution in [0.2, 0.25) is 0 Å². The van der Waals surface area contributed by atoms with E-state index >= 15 is 0 Å². The van der Waals surface area contributed by atoms with Gasteiger partial charge in [-0.2, -0.15) is 0 Å². The molecule has 0 saturated heterocycles. The fraction of sp³-hybridized carbons (Fsp3) is 0.500. The van der Waals surface area contributed by atoms with Gasteiger partial charge in [-0.15, -0.1) is 0 Å². The maximum absolute atomic E-state index is 11.7. The monoisotopic (exact) mass is 320 g/mol. The molecule has 1 rings (SSSR count). The first-order chi connectivity index (χ1) is 9.10. The van der Waals surface area contributed by atoms with E-state index in [0.29, 0.717) is 17.9 Å². The van der Waals surface area contributed by atoms with E-state index in [-0.39, 0.29) is 17.2 Å². The maximum atomic E-state index is 11.7. The fourth-order valence-electron chi connectivity index (χ4n) is 1.49. The van der Waals surface area contributed by atoms with E-state index < -0.39 is 20.0 Å². The fourth-order valence-corrected chi connectivity index (χ4v) is 3.39. The zero-order valence-corrected chi connectivity index (χ0v) is 13.2. The Kier molecular flexibility index (Phi) is 5.69. The first kappa shape index (κ1) is 17.1. The zero-order valence-electron chi connectivity index (χ0n) is 11.5. The Morgan fingerprint density at radius 2 is 1.85 bits per heavy atom. The molecule has 1 aromatic carbocycles. The molecule has 0 amide bonds. The molecule has 0 aliphatic heterocycles.